The molecule has 1 saturated carbocycles. The number of allylic oxidation sites excluding steroid dienone is 1. The fourth-order valence-electron chi connectivity index (χ4n) is 10.9. The van der Waals surface area contributed by atoms with Gasteiger partial charge in [0.1, 0.15) is 17.5 Å². The maximum absolute atomic E-state index is 14.7. The number of hydrogen-bond acceptors (Lipinski definition) is 11. The molecule has 0 spiro atoms. The predicted octanol–water partition coefficient (Wildman–Crippen LogP) is 12.8. The van der Waals surface area contributed by atoms with Crippen molar-refractivity contribution >= 4 is 23.6 Å². The average molecular weight is 961 g/mol. The third-order valence-corrected chi connectivity index (χ3v) is 15.2. The molecule has 12 heteroatoms. The first kappa shape index (κ1) is 53.8. The molecule has 378 valence electrons. The summed E-state index contributed by atoms with van der Waals surface area (Å²) in [7, 11) is 0. The van der Waals surface area contributed by atoms with Crippen LogP contribution in [0.3, 0.4) is 0 Å². The van der Waals surface area contributed by atoms with Crippen LogP contribution in [0.4, 0.5) is 4.79 Å². The second-order valence-electron chi connectivity index (χ2n) is 19.2. The van der Waals surface area contributed by atoms with Gasteiger partial charge in [-0.3, -0.25) is 4.90 Å². The predicted molar refractivity (Wildman–Crippen MR) is 272 cm³/mol. The minimum Gasteiger partial charge on any atom is -0.493 e. The number of unbranched alkanes of at least 4 members (excludes halogenated alkanes) is 11. The number of thioether (sulfide) groups is 1. The van der Waals surface area contributed by atoms with Gasteiger partial charge in [0.2, 0.25) is 12.1 Å². The average Bonchev–Trinajstić information content (AvgIpc) is 3.36. The van der Waals surface area contributed by atoms with E-state index < -0.39 is 24.0 Å². The van der Waals surface area contributed by atoms with Gasteiger partial charge in [0.25, 0.3) is 0 Å². The maximum atomic E-state index is 14.7. The van der Waals surface area contributed by atoms with E-state index in [0.717, 1.165) is 92.6 Å². The molecule has 2 fully saturated rings. The van der Waals surface area contributed by atoms with Crippen LogP contribution in [0.2, 0.25) is 0 Å². The number of fused-ring (bicyclic) bond motifs is 2. The molecule has 7 unspecified atom stereocenters. The lowest BCUT2D eigenvalue weighted by Gasteiger charge is -2.60. The van der Waals surface area contributed by atoms with Crippen LogP contribution in [0.5, 0.6) is 11.5 Å². The van der Waals surface area contributed by atoms with E-state index in [1.54, 1.807) is 17.8 Å². The van der Waals surface area contributed by atoms with Gasteiger partial charge in [0.05, 0.1) is 38.1 Å². The number of carbonyl (C=O) groups is 1. The van der Waals surface area contributed by atoms with Crippen molar-refractivity contribution in [2.75, 3.05) is 51.9 Å². The van der Waals surface area contributed by atoms with Crippen LogP contribution in [0, 0.1) is 17.8 Å². The van der Waals surface area contributed by atoms with E-state index in [4.69, 9.17) is 33.7 Å². The van der Waals surface area contributed by atoms with Crippen LogP contribution < -0.4 is 9.47 Å². The number of nitrogens with zero attached hydrogens (tertiary/aromatic N) is 2. The largest absolute Gasteiger partial charge is 0.493 e. The van der Waals surface area contributed by atoms with Crippen LogP contribution in [0.25, 0.3) is 0 Å². The Morgan fingerprint density at radius 1 is 0.897 bits per heavy atom. The molecular formula is C56H84N2O9S. The Bertz CT molecular complexity index is 1840. The molecule has 6 rings (SSSR count). The second-order valence-corrected chi connectivity index (χ2v) is 20.3. The molecule has 2 aliphatic heterocycles. The molecule has 2 N–H and O–H groups in total. The van der Waals surface area contributed by atoms with E-state index in [0.29, 0.717) is 57.8 Å². The number of aliphatic hydroxyl groups excluding tert-OH is 2. The third kappa shape index (κ3) is 15.0. The highest BCUT2D eigenvalue weighted by molar-refractivity contribution is 7.99. The molecule has 2 aromatic rings. The van der Waals surface area contributed by atoms with Crippen molar-refractivity contribution in [1.29, 1.82) is 0 Å². The zero-order valence-corrected chi connectivity index (χ0v) is 42.3. The number of rotatable bonds is 32. The van der Waals surface area contributed by atoms with Gasteiger partial charge in [0, 0.05) is 54.7 Å². The lowest BCUT2D eigenvalue weighted by atomic mass is 9.55. The molecule has 2 heterocycles. The van der Waals surface area contributed by atoms with Crippen LogP contribution in [-0.4, -0.2) is 97.0 Å². The van der Waals surface area contributed by atoms with Crippen LogP contribution in [-0.2, 0) is 19.0 Å². The van der Waals surface area contributed by atoms with Gasteiger partial charge in [-0.05, 0) is 99.1 Å². The molecule has 2 aliphatic carbocycles. The van der Waals surface area contributed by atoms with E-state index in [2.05, 4.69) is 56.8 Å². The number of benzene rings is 2. The summed E-state index contributed by atoms with van der Waals surface area (Å²) in [4.78, 5) is 24.1. The molecule has 2 aromatic carbocycles. The molecule has 68 heavy (non-hydrogen) atoms. The van der Waals surface area contributed by atoms with Gasteiger partial charge < -0.3 is 38.7 Å². The van der Waals surface area contributed by atoms with Gasteiger partial charge in [-0.25, -0.2) is 4.79 Å². The number of aliphatic hydroxyl groups is 2. The SMILES string of the molecule is C=CCOC12Oc3ccc(OCCSc4ccccc4)cc3C3C(CCCCO)C(CCCCO)C=C(C(=NOC4CCCCO4)CC1N(CCC)C(=O)OCCCCCCCCCCCC)C32. The Labute approximate surface area is 412 Å². The maximum Gasteiger partial charge on any atom is 0.410 e. The summed E-state index contributed by atoms with van der Waals surface area (Å²) in [6, 6.07) is 15.9. The summed E-state index contributed by atoms with van der Waals surface area (Å²) in [5, 5.41) is 25.0. The molecule has 0 radical (unpaired) electrons. The first-order valence-corrected chi connectivity index (χ1v) is 27.6. The topological polar surface area (TPSA) is 129 Å². The van der Waals surface area contributed by atoms with E-state index in [-0.39, 0.29) is 43.7 Å². The minimum absolute atomic E-state index is 0.109. The van der Waals surface area contributed by atoms with E-state index in [9.17, 15) is 15.0 Å². The quantitative estimate of drug-likeness (QED) is 0.0316. The Kier molecular flexibility index (Phi) is 23.4. The monoisotopic (exact) mass is 961 g/mol. The number of amides is 1. The highest BCUT2D eigenvalue weighted by atomic mass is 32.2. The minimum atomic E-state index is -1.34. The van der Waals surface area contributed by atoms with Crippen molar-refractivity contribution in [2.45, 2.75) is 178 Å². The number of ether oxygens (including phenoxy) is 5. The molecule has 1 amide bonds. The number of carbonyl (C=O) groups excluding carboxylic acids is 1. The van der Waals surface area contributed by atoms with E-state index in [1.165, 1.54) is 49.8 Å². The van der Waals surface area contributed by atoms with Crippen molar-refractivity contribution in [3.05, 3.63) is 78.4 Å². The van der Waals surface area contributed by atoms with Gasteiger partial charge >= 0.3 is 6.09 Å². The molecule has 0 aromatic heterocycles. The lowest BCUT2D eigenvalue weighted by molar-refractivity contribution is -0.255. The molecule has 4 aliphatic rings. The summed E-state index contributed by atoms with van der Waals surface area (Å²) in [5.41, 5.74) is 2.80. The Hall–Kier alpha value is -3.55. The van der Waals surface area contributed by atoms with Gasteiger partial charge in [-0.15, -0.1) is 18.3 Å². The van der Waals surface area contributed by atoms with Crippen LogP contribution >= 0.6 is 11.8 Å². The fourth-order valence-corrected chi connectivity index (χ4v) is 11.7. The molecular weight excluding hydrogens is 877 g/mol. The molecule has 11 nitrogen and oxygen atoms in total. The fraction of sp³-hybridized carbons (Fsp3) is 0.679. The van der Waals surface area contributed by atoms with Gasteiger partial charge in [0.15, 0.2) is 0 Å². The smallest absolute Gasteiger partial charge is 0.410 e. The van der Waals surface area contributed by atoms with E-state index >= 15 is 0 Å². The van der Waals surface area contributed by atoms with Crippen molar-refractivity contribution in [1.82, 2.24) is 4.90 Å². The normalized spacial score (nSPS) is 24.6. The first-order chi connectivity index (χ1) is 33.5. The standard InChI is InChI=1S/C56H84N2O9S/c1-4-7-8-9-10-11-12-13-14-23-37-64-55(61)58(32-5-2)51-42-49(57-67-52-29-20-24-36-63-52)47-40-43(25-18-21-33-59)46(28-19-22-34-60)53-48-41-44(62-38-39-68-45-26-16-15-17-27-45)30-31-50(48)66-56(51,54(47)53)65-35-6-3/h6,15-17,26-27,30-31,40-41,43,46,51-54,59-60H,3-5,7-14,18-25,28-29,32-39,42H2,1-2H3. The molecule has 0 bridgehead atoms. The lowest BCUT2D eigenvalue weighted by Crippen LogP contribution is -2.70. The molecule has 7 atom stereocenters. The van der Waals surface area contributed by atoms with Gasteiger partial charge in [-0.1, -0.05) is 120 Å². The van der Waals surface area contributed by atoms with Crippen molar-refractivity contribution in [2.24, 2.45) is 22.9 Å². The highest BCUT2D eigenvalue weighted by Gasteiger charge is 2.65. The zero-order chi connectivity index (χ0) is 47.8. The first-order valence-electron chi connectivity index (χ1n) is 26.6. The third-order valence-electron chi connectivity index (χ3n) is 14.2. The van der Waals surface area contributed by atoms with E-state index in [1.807, 2.05) is 23.1 Å². The van der Waals surface area contributed by atoms with Crippen molar-refractivity contribution in [3.63, 3.8) is 0 Å². The highest BCUT2D eigenvalue weighted by Crippen LogP contribution is 2.62. The zero-order valence-electron chi connectivity index (χ0n) is 41.5. The summed E-state index contributed by atoms with van der Waals surface area (Å²) >= 11 is 1.77. The van der Waals surface area contributed by atoms with Gasteiger partial charge in [-0.2, -0.15) is 0 Å². The number of hydrogen-bond donors (Lipinski definition) is 2. The van der Waals surface area contributed by atoms with Crippen molar-refractivity contribution < 1.29 is 43.5 Å². The van der Waals surface area contributed by atoms with Crippen LogP contribution in [0.1, 0.15) is 160 Å². The summed E-state index contributed by atoms with van der Waals surface area (Å²) in [6.07, 6.45) is 23.9. The van der Waals surface area contributed by atoms with Crippen molar-refractivity contribution in [3.8, 4) is 11.5 Å². The number of oxime groups is 1. The Morgan fingerprint density at radius 3 is 2.35 bits per heavy atom. The molecule has 1 saturated heterocycles. The second kappa shape index (κ2) is 29.6. The Balaban J connectivity index is 1.38. The summed E-state index contributed by atoms with van der Waals surface area (Å²) < 4.78 is 33.4. The summed E-state index contributed by atoms with van der Waals surface area (Å²) in [6.45, 7) is 10.8. The van der Waals surface area contributed by atoms with Crippen LogP contribution in [0.15, 0.2) is 82.9 Å². The Morgan fingerprint density at radius 2 is 1.65 bits per heavy atom. The summed E-state index contributed by atoms with van der Waals surface area (Å²) in [5.74, 6) is 0.600.